The van der Waals surface area contributed by atoms with Crippen molar-refractivity contribution in [2.24, 2.45) is 0 Å². The van der Waals surface area contributed by atoms with Crippen LogP contribution in [-0.2, 0) is 0 Å². The highest BCUT2D eigenvalue weighted by Gasteiger charge is 1.94. The second-order valence-electron chi connectivity index (χ2n) is 2.44. The second kappa shape index (κ2) is 2.65. The Labute approximate surface area is 69.6 Å². The van der Waals surface area contributed by atoms with Gasteiger partial charge in [0.2, 0.25) is 0 Å². The third-order valence-corrected chi connectivity index (χ3v) is 1.58. The summed E-state index contributed by atoms with van der Waals surface area (Å²) in [6, 6.07) is 7.45. The number of anilines is 1. The summed E-state index contributed by atoms with van der Waals surface area (Å²) >= 11 is 0. The van der Waals surface area contributed by atoms with Crippen molar-refractivity contribution < 1.29 is 0 Å². The van der Waals surface area contributed by atoms with Gasteiger partial charge in [0.1, 0.15) is 0 Å². The summed E-state index contributed by atoms with van der Waals surface area (Å²) in [4.78, 5) is 0. The van der Waals surface area contributed by atoms with E-state index in [0.717, 1.165) is 11.4 Å². The smallest absolute Gasteiger partial charge is 0.0697 e. The fourth-order valence-electron chi connectivity index (χ4n) is 0.973. The highest BCUT2D eigenvalue weighted by molar-refractivity contribution is 5.44. The molecule has 0 unspecified atom stereocenters. The molecule has 0 atom stereocenters. The molecule has 0 saturated carbocycles. The second-order valence-corrected chi connectivity index (χ2v) is 2.44. The molecule has 1 aromatic carbocycles. The van der Waals surface area contributed by atoms with Gasteiger partial charge in [0.25, 0.3) is 0 Å². The van der Waals surface area contributed by atoms with Gasteiger partial charge in [-0.1, -0.05) is 5.21 Å². The molecule has 4 heteroatoms. The molecule has 0 aliphatic rings. The zero-order valence-electron chi connectivity index (χ0n) is 6.38. The zero-order chi connectivity index (χ0) is 8.39. The Bertz CT molecular complexity index is 349. The SMILES string of the molecule is Nc1ccc(-n2ccnn2)cc1. The summed E-state index contributed by atoms with van der Waals surface area (Å²) in [5.41, 5.74) is 7.24. The Balaban J connectivity index is 2.43. The van der Waals surface area contributed by atoms with Gasteiger partial charge in [-0.05, 0) is 24.3 Å². The third-order valence-electron chi connectivity index (χ3n) is 1.58. The summed E-state index contributed by atoms with van der Waals surface area (Å²) < 4.78 is 1.68. The van der Waals surface area contributed by atoms with Gasteiger partial charge in [-0.25, -0.2) is 4.68 Å². The number of rotatable bonds is 1. The minimum Gasteiger partial charge on any atom is -0.399 e. The van der Waals surface area contributed by atoms with Gasteiger partial charge in [0.15, 0.2) is 0 Å². The number of nitrogen functional groups attached to an aromatic ring is 1. The van der Waals surface area contributed by atoms with E-state index in [0.29, 0.717) is 0 Å². The van der Waals surface area contributed by atoms with Gasteiger partial charge < -0.3 is 5.73 Å². The minimum atomic E-state index is 0.749. The first-order chi connectivity index (χ1) is 5.86. The van der Waals surface area contributed by atoms with Crippen LogP contribution in [0, 0.1) is 0 Å². The molecule has 0 spiro atoms. The number of aromatic nitrogens is 3. The molecule has 4 nitrogen and oxygen atoms in total. The largest absolute Gasteiger partial charge is 0.399 e. The third kappa shape index (κ3) is 1.14. The van der Waals surface area contributed by atoms with Gasteiger partial charge in [0, 0.05) is 5.69 Å². The normalized spacial score (nSPS) is 10.0. The van der Waals surface area contributed by atoms with E-state index in [-0.39, 0.29) is 0 Å². The molecule has 0 saturated heterocycles. The van der Waals surface area contributed by atoms with Crippen molar-refractivity contribution in [3.8, 4) is 5.69 Å². The van der Waals surface area contributed by atoms with Crippen LogP contribution in [0.2, 0.25) is 0 Å². The summed E-state index contributed by atoms with van der Waals surface area (Å²) in [5, 5.41) is 7.54. The molecule has 2 N–H and O–H groups in total. The molecule has 60 valence electrons. The Hall–Kier alpha value is -1.84. The van der Waals surface area contributed by atoms with E-state index < -0.39 is 0 Å². The van der Waals surface area contributed by atoms with Crippen molar-refractivity contribution in [2.45, 2.75) is 0 Å². The molecular weight excluding hydrogens is 152 g/mol. The van der Waals surface area contributed by atoms with E-state index >= 15 is 0 Å². The molecule has 2 rings (SSSR count). The van der Waals surface area contributed by atoms with Crippen molar-refractivity contribution in [2.75, 3.05) is 5.73 Å². The number of benzene rings is 1. The first kappa shape index (κ1) is 6.84. The van der Waals surface area contributed by atoms with Gasteiger partial charge in [-0.3, -0.25) is 0 Å². The lowest BCUT2D eigenvalue weighted by Gasteiger charge is -1.98. The van der Waals surface area contributed by atoms with Crippen molar-refractivity contribution in [1.29, 1.82) is 0 Å². The highest BCUT2D eigenvalue weighted by atomic mass is 15.4. The van der Waals surface area contributed by atoms with Gasteiger partial charge >= 0.3 is 0 Å². The van der Waals surface area contributed by atoms with E-state index in [1.807, 2.05) is 24.3 Å². The number of nitrogens with two attached hydrogens (primary N) is 1. The summed E-state index contributed by atoms with van der Waals surface area (Å²) in [6.07, 6.45) is 3.42. The van der Waals surface area contributed by atoms with Gasteiger partial charge in [0.05, 0.1) is 18.1 Å². The van der Waals surface area contributed by atoms with Crippen molar-refractivity contribution in [3.05, 3.63) is 36.7 Å². The van der Waals surface area contributed by atoms with Crippen LogP contribution in [0.25, 0.3) is 5.69 Å². The monoisotopic (exact) mass is 160 g/mol. The Kier molecular flexibility index (Phi) is 1.51. The van der Waals surface area contributed by atoms with E-state index in [9.17, 15) is 0 Å². The minimum absolute atomic E-state index is 0.749. The fraction of sp³-hybridized carbons (Fsp3) is 0. The first-order valence-electron chi connectivity index (χ1n) is 3.58. The molecule has 2 aromatic rings. The quantitative estimate of drug-likeness (QED) is 0.629. The maximum absolute atomic E-state index is 5.53. The van der Waals surface area contributed by atoms with Crippen LogP contribution in [-0.4, -0.2) is 15.0 Å². The standard InChI is InChI=1S/C8H8N4/c9-7-1-3-8(4-2-7)12-6-5-10-11-12/h1-6H,9H2. The first-order valence-corrected chi connectivity index (χ1v) is 3.58. The predicted octanol–water partition coefficient (Wildman–Crippen LogP) is 0.850. The highest BCUT2D eigenvalue weighted by Crippen LogP contribution is 2.08. The van der Waals surface area contributed by atoms with Crippen molar-refractivity contribution in [3.63, 3.8) is 0 Å². The van der Waals surface area contributed by atoms with Crippen LogP contribution in [0.5, 0.6) is 0 Å². The van der Waals surface area contributed by atoms with Crippen LogP contribution < -0.4 is 5.73 Å². The molecule has 12 heavy (non-hydrogen) atoms. The van der Waals surface area contributed by atoms with E-state index in [1.54, 1.807) is 17.1 Å². The van der Waals surface area contributed by atoms with E-state index in [2.05, 4.69) is 10.3 Å². The molecule has 0 aliphatic carbocycles. The summed E-state index contributed by atoms with van der Waals surface area (Å²) in [5.74, 6) is 0. The van der Waals surface area contributed by atoms with Gasteiger partial charge in [-0.2, -0.15) is 0 Å². The zero-order valence-corrected chi connectivity index (χ0v) is 6.38. The molecule has 1 aromatic heterocycles. The average molecular weight is 160 g/mol. The molecule has 0 amide bonds. The topological polar surface area (TPSA) is 56.7 Å². The Morgan fingerprint density at radius 3 is 2.50 bits per heavy atom. The molecular formula is C8H8N4. The lowest BCUT2D eigenvalue weighted by Crippen LogP contribution is -1.95. The maximum atomic E-state index is 5.53. The summed E-state index contributed by atoms with van der Waals surface area (Å²) in [7, 11) is 0. The maximum Gasteiger partial charge on any atom is 0.0697 e. The predicted molar refractivity (Wildman–Crippen MR) is 45.8 cm³/mol. The average Bonchev–Trinajstić information content (AvgIpc) is 2.58. The molecule has 0 bridgehead atoms. The molecule has 1 heterocycles. The van der Waals surface area contributed by atoms with Crippen LogP contribution in [0.3, 0.4) is 0 Å². The Morgan fingerprint density at radius 1 is 1.17 bits per heavy atom. The number of hydrogen-bond donors (Lipinski definition) is 1. The molecule has 0 fully saturated rings. The van der Waals surface area contributed by atoms with Crippen LogP contribution in [0.4, 0.5) is 5.69 Å². The lowest BCUT2D eigenvalue weighted by atomic mass is 10.3. The molecule has 0 radical (unpaired) electrons. The van der Waals surface area contributed by atoms with Crippen molar-refractivity contribution in [1.82, 2.24) is 15.0 Å². The summed E-state index contributed by atoms with van der Waals surface area (Å²) in [6.45, 7) is 0. The molecule has 0 aliphatic heterocycles. The number of nitrogens with zero attached hydrogens (tertiary/aromatic N) is 3. The fourth-order valence-corrected chi connectivity index (χ4v) is 0.973. The van der Waals surface area contributed by atoms with E-state index in [1.165, 1.54) is 0 Å². The van der Waals surface area contributed by atoms with E-state index in [4.69, 9.17) is 5.73 Å². The van der Waals surface area contributed by atoms with Crippen molar-refractivity contribution >= 4 is 5.69 Å². The lowest BCUT2D eigenvalue weighted by molar-refractivity contribution is 0.803. The Morgan fingerprint density at radius 2 is 1.92 bits per heavy atom. The van der Waals surface area contributed by atoms with Crippen LogP contribution >= 0.6 is 0 Å². The van der Waals surface area contributed by atoms with Crippen LogP contribution in [0.1, 0.15) is 0 Å². The number of hydrogen-bond acceptors (Lipinski definition) is 3. The van der Waals surface area contributed by atoms with Gasteiger partial charge in [-0.15, -0.1) is 5.10 Å². The van der Waals surface area contributed by atoms with Crippen LogP contribution in [0.15, 0.2) is 36.7 Å².